The lowest BCUT2D eigenvalue weighted by Gasteiger charge is -2.10. The summed E-state index contributed by atoms with van der Waals surface area (Å²) in [7, 11) is 0. The van der Waals surface area contributed by atoms with Crippen LogP contribution in [0.2, 0.25) is 0 Å². The molecule has 112 valence electrons. The zero-order valence-electron chi connectivity index (χ0n) is 12.4. The summed E-state index contributed by atoms with van der Waals surface area (Å²) in [5, 5.41) is 9.23. The number of aryl methyl sites for hydroxylation is 2. The van der Waals surface area contributed by atoms with E-state index >= 15 is 0 Å². The first-order valence-electron chi connectivity index (χ1n) is 7.53. The number of fused-ring (bicyclic) bond motifs is 1. The molecule has 0 atom stereocenters. The lowest BCUT2D eigenvalue weighted by Crippen LogP contribution is -1.99. The summed E-state index contributed by atoms with van der Waals surface area (Å²) in [6, 6.07) is 8.08. The first kappa shape index (κ1) is 13.5. The molecular formula is C17H17N3OS. The lowest BCUT2D eigenvalue weighted by atomic mass is 9.95. The number of anilines is 1. The number of hydrogen-bond donors (Lipinski definition) is 1. The molecule has 4 rings (SSSR count). The van der Waals surface area contributed by atoms with Gasteiger partial charge in [-0.25, -0.2) is 0 Å². The molecule has 4 nitrogen and oxygen atoms in total. The molecule has 0 saturated carbocycles. The number of nitrogens with zero attached hydrogens (tertiary/aromatic N) is 2. The number of nitrogen functional groups attached to an aromatic ring is 1. The largest absolute Gasteiger partial charge is 0.416 e. The maximum absolute atomic E-state index is 6.21. The number of hydrogen-bond acceptors (Lipinski definition) is 5. The monoisotopic (exact) mass is 311 g/mol. The van der Waals surface area contributed by atoms with Crippen molar-refractivity contribution in [3.05, 3.63) is 40.3 Å². The van der Waals surface area contributed by atoms with Gasteiger partial charge in [0.05, 0.1) is 10.6 Å². The highest BCUT2D eigenvalue weighted by Gasteiger charge is 2.24. The Hall–Kier alpha value is -2.14. The van der Waals surface area contributed by atoms with Crippen molar-refractivity contribution in [3.63, 3.8) is 0 Å². The second-order valence-corrected chi connectivity index (χ2v) is 6.87. The minimum atomic E-state index is 0.546. The van der Waals surface area contributed by atoms with Crippen LogP contribution in [0.25, 0.3) is 22.9 Å². The minimum absolute atomic E-state index is 0.546. The van der Waals surface area contributed by atoms with Gasteiger partial charge in [-0.05, 0) is 50.3 Å². The van der Waals surface area contributed by atoms with E-state index in [2.05, 4.69) is 17.1 Å². The van der Waals surface area contributed by atoms with Gasteiger partial charge < -0.3 is 10.2 Å². The normalized spacial score (nSPS) is 14.0. The van der Waals surface area contributed by atoms with Gasteiger partial charge in [0, 0.05) is 10.4 Å². The Morgan fingerprint density at radius 2 is 1.77 bits per heavy atom. The molecule has 0 aliphatic heterocycles. The topological polar surface area (TPSA) is 64.9 Å². The molecule has 0 radical (unpaired) electrons. The fourth-order valence-electron chi connectivity index (χ4n) is 2.96. The van der Waals surface area contributed by atoms with E-state index in [9.17, 15) is 0 Å². The molecule has 22 heavy (non-hydrogen) atoms. The van der Waals surface area contributed by atoms with Gasteiger partial charge in [0.25, 0.3) is 5.89 Å². The molecule has 5 heteroatoms. The van der Waals surface area contributed by atoms with Crippen LogP contribution >= 0.6 is 11.3 Å². The maximum atomic E-state index is 6.21. The van der Waals surface area contributed by atoms with E-state index in [4.69, 9.17) is 10.2 Å². The Kier molecular flexibility index (Phi) is 3.22. The van der Waals surface area contributed by atoms with Crippen LogP contribution in [-0.2, 0) is 12.8 Å². The molecule has 0 unspecified atom stereocenters. The number of aromatic nitrogens is 2. The standard InChI is InChI=1S/C17H17N3OS/c1-10-6-8-11(9-7-10)16-19-20-17(21-16)14-12-4-2-3-5-13(12)22-15(14)18/h6-9H,2-5,18H2,1H3. The van der Waals surface area contributed by atoms with E-state index < -0.39 is 0 Å². The molecule has 0 saturated heterocycles. The molecule has 0 amide bonds. The zero-order valence-corrected chi connectivity index (χ0v) is 13.2. The van der Waals surface area contributed by atoms with Crippen LogP contribution in [0, 0.1) is 6.92 Å². The Balaban J connectivity index is 1.76. The average Bonchev–Trinajstić information content (AvgIpc) is 3.11. The van der Waals surface area contributed by atoms with Crippen molar-refractivity contribution < 1.29 is 4.42 Å². The summed E-state index contributed by atoms with van der Waals surface area (Å²) in [6.45, 7) is 2.06. The van der Waals surface area contributed by atoms with Gasteiger partial charge in [0.2, 0.25) is 5.89 Å². The molecule has 1 aromatic carbocycles. The van der Waals surface area contributed by atoms with Crippen LogP contribution in [0.3, 0.4) is 0 Å². The Morgan fingerprint density at radius 3 is 2.59 bits per heavy atom. The van der Waals surface area contributed by atoms with Crippen molar-refractivity contribution in [2.75, 3.05) is 5.73 Å². The summed E-state index contributed by atoms with van der Waals surface area (Å²) in [4.78, 5) is 1.38. The predicted molar refractivity (Wildman–Crippen MR) is 88.8 cm³/mol. The molecule has 2 heterocycles. The van der Waals surface area contributed by atoms with Crippen molar-refractivity contribution in [2.45, 2.75) is 32.6 Å². The van der Waals surface area contributed by atoms with E-state index in [0.717, 1.165) is 29.0 Å². The van der Waals surface area contributed by atoms with Gasteiger partial charge in [-0.2, -0.15) is 0 Å². The smallest absolute Gasteiger partial charge is 0.251 e. The number of rotatable bonds is 2. The highest BCUT2D eigenvalue weighted by atomic mass is 32.1. The predicted octanol–water partition coefficient (Wildman–Crippen LogP) is 4.23. The maximum Gasteiger partial charge on any atom is 0.251 e. The van der Waals surface area contributed by atoms with Gasteiger partial charge in [-0.3, -0.25) is 0 Å². The van der Waals surface area contributed by atoms with E-state index in [-0.39, 0.29) is 0 Å². The second-order valence-electron chi connectivity index (χ2n) is 5.73. The third-order valence-electron chi connectivity index (χ3n) is 4.14. The second kappa shape index (κ2) is 5.25. The third kappa shape index (κ3) is 2.22. The summed E-state index contributed by atoms with van der Waals surface area (Å²) in [5.74, 6) is 1.10. The summed E-state index contributed by atoms with van der Waals surface area (Å²) in [6.07, 6.45) is 4.61. The molecule has 2 aromatic heterocycles. The molecule has 1 aliphatic rings. The molecular weight excluding hydrogens is 294 g/mol. The average molecular weight is 311 g/mol. The molecule has 3 aromatic rings. The lowest BCUT2D eigenvalue weighted by molar-refractivity contribution is 0.583. The van der Waals surface area contributed by atoms with Crippen LogP contribution in [-0.4, -0.2) is 10.2 Å². The highest BCUT2D eigenvalue weighted by molar-refractivity contribution is 7.16. The van der Waals surface area contributed by atoms with Crippen LogP contribution in [0.4, 0.5) is 5.00 Å². The van der Waals surface area contributed by atoms with Crippen molar-refractivity contribution in [1.29, 1.82) is 0 Å². The van der Waals surface area contributed by atoms with Crippen molar-refractivity contribution in [1.82, 2.24) is 10.2 Å². The number of nitrogens with two attached hydrogens (primary N) is 1. The third-order valence-corrected chi connectivity index (χ3v) is 5.26. The van der Waals surface area contributed by atoms with Crippen LogP contribution in [0.1, 0.15) is 28.8 Å². The van der Waals surface area contributed by atoms with E-state index in [1.165, 1.54) is 28.8 Å². The van der Waals surface area contributed by atoms with Crippen molar-refractivity contribution in [2.24, 2.45) is 0 Å². The first-order chi connectivity index (χ1) is 10.7. The molecule has 0 spiro atoms. The van der Waals surface area contributed by atoms with Gasteiger partial charge in [-0.1, -0.05) is 17.7 Å². The first-order valence-corrected chi connectivity index (χ1v) is 8.35. The number of benzene rings is 1. The zero-order chi connectivity index (χ0) is 15.1. The van der Waals surface area contributed by atoms with Crippen LogP contribution in [0.5, 0.6) is 0 Å². The number of thiophene rings is 1. The van der Waals surface area contributed by atoms with Crippen molar-refractivity contribution in [3.8, 4) is 22.9 Å². The molecule has 2 N–H and O–H groups in total. The molecule has 1 aliphatic carbocycles. The summed E-state index contributed by atoms with van der Waals surface area (Å²) in [5.41, 5.74) is 10.6. The van der Waals surface area contributed by atoms with Gasteiger partial charge in [0.1, 0.15) is 0 Å². The fourth-order valence-corrected chi connectivity index (χ4v) is 4.11. The minimum Gasteiger partial charge on any atom is -0.416 e. The van der Waals surface area contributed by atoms with Gasteiger partial charge >= 0.3 is 0 Å². The van der Waals surface area contributed by atoms with Crippen molar-refractivity contribution >= 4 is 16.3 Å². The van der Waals surface area contributed by atoms with Crippen LogP contribution in [0.15, 0.2) is 28.7 Å². The highest BCUT2D eigenvalue weighted by Crippen LogP contribution is 2.42. The van der Waals surface area contributed by atoms with Gasteiger partial charge in [-0.15, -0.1) is 21.5 Å². The van der Waals surface area contributed by atoms with E-state index in [1.807, 2.05) is 24.3 Å². The summed E-state index contributed by atoms with van der Waals surface area (Å²) >= 11 is 1.67. The quantitative estimate of drug-likeness (QED) is 0.769. The molecule has 0 bridgehead atoms. The Labute approximate surface area is 133 Å². The van der Waals surface area contributed by atoms with Crippen LogP contribution < -0.4 is 5.73 Å². The summed E-state index contributed by atoms with van der Waals surface area (Å²) < 4.78 is 5.91. The fraction of sp³-hybridized carbons (Fsp3) is 0.294. The van der Waals surface area contributed by atoms with E-state index in [1.54, 1.807) is 11.3 Å². The van der Waals surface area contributed by atoms with Gasteiger partial charge in [0.15, 0.2) is 0 Å². The molecule has 0 fully saturated rings. The Morgan fingerprint density at radius 1 is 1.05 bits per heavy atom. The SMILES string of the molecule is Cc1ccc(-c2nnc(-c3c(N)sc4c3CCCC4)o2)cc1. The van der Waals surface area contributed by atoms with E-state index in [0.29, 0.717) is 11.8 Å². The Bertz CT molecular complexity index is 817.